The van der Waals surface area contributed by atoms with Crippen LogP contribution in [-0.4, -0.2) is 48.8 Å². The van der Waals surface area contributed by atoms with E-state index >= 15 is 0 Å². The van der Waals surface area contributed by atoms with Gasteiger partial charge in [0.2, 0.25) is 0 Å². The van der Waals surface area contributed by atoms with Crippen LogP contribution in [-0.2, 0) is 20.7 Å². The van der Waals surface area contributed by atoms with E-state index in [1.54, 1.807) is 19.1 Å². The molecule has 2 aromatic carbocycles. The van der Waals surface area contributed by atoms with Gasteiger partial charge < -0.3 is 19.1 Å². The third-order valence-corrected chi connectivity index (χ3v) is 8.15. The van der Waals surface area contributed by atoms with Crippen molar-refractivity contribution in [3.8, 4) is 11.5 Å². The average molecular weight is 496 g/mol. The highest BCUT2D eigenvalue weighted by Gasteiger charge is 2.53. The van der Waals surface area contributed by atoms with Crippen molar-refractivity contribution in [2.45, 2.75) is 43.7 Å². The normalized spacial score (nSPS) is 27.9. The summed E-state index contributed by atoms with van der Waals surface area (Å²) in [6.45, 7) is 2.53. The lowest BCUT2D eigenvalue weighted by Gasteiger charge is -2.40. The Labute approximate surface area is 210 Å². The highest BCUT2D eigenvalue weighted by molar-refractivity contribution is 6.21. The molecular weight excluding hydrogens is 466 g/mol. The first-order valence-corrected chi connectivity index (χ1v) is 12.5. The molecule has 5 atom stereocenters. The second kappa shape index (κ2) is 9.57. The first kappa shape index (κ1) is 23.7. The predicted molar refractivity (Wildman–Crippen MR) is 133 cm³/mol. The number of carbonyl (C=O) groups is 2. The lowest BCUT2D eigenvalue weighted by molar-refractivity contribution is -0.136. The van der Waals surface area contributed by atoms with E-state index < -0.39 is 6.04 Å². The molecule has 0 radical (unpaired) electrons. The molecule has 5 unspecified atom stereocenters. The molecule has 2 aromatic rings. The van der Waals surface area contributed by atoms with E-state index in [-0.39, 0.29) is 40.8 Å². The number of Topliss-reactive ketones (excluding diaryl/α,β-unsaturated/α-hetero) is 1. The number of fused-ring (bicyclic) bond motifs is 1. The highest BCUT2D eigenvalue weighted by atomic mass is 35.5. The van der Waals surface area contributed by atoms with Gasteiger partial charge in [0.1, 0.15) is 17.6 Å². The summed E-state index contributed by atoms with van der Waals surface area (Å²) in [5, 5.41) is -0.0753. The fraction of sp³-hybridized carbons (Fsp3) is 0.429. The molecule has 5 rings (SSSR count). The van der Waals surface area contributed by atoms with Crippen LogP contribution in [0.25, 0.3) is 0 Å². The molecule has 0 bridgehead atoms. The van der Waals surface area contributed by atoms with Crippen molar-refractivity contribution in [1.29, 1.82) is 0 Å². The maximum atomic E-state index is 13.8. The van der Waals surface area contributed by atoms with Gasteiger partial charge in [-0.15, -0.1) is 11.6 Å². The maximum Gasteiger partial charge on any atom is 0.290 e. The zero-order valence-corrected chi connectivity index (χ0v) is 21.0. The summed E-state index contributed by atoms with van der Waals surface area (Å²) in [6.07, 6.45) is 1.59. The van der Waals surface area contributed by atoms with Gasteiger partial charge in [0.25, 0.3) is 5.91 Å². The van der Waals surface area contributed by atoms with Crippen molar-refractivity contribution in [3.63, 3.8) is 0 Å². The number of alkyl halides is 1. The Morgan fingerprint density at radius 2 is 1.60 bits per heavy atom. The number of hydrogen-bond donors (Lipinski definition) is 0. The number of ketones is 1. The minimum atomic E-state index is -0.497. The van der Waals surface area contributed by atoms with Crippen LogP contribution in [0.1, 0.15) is 36.9 Å². The van der Waals surface area contributed by atoms with E-state index in [1.807, 2.05) is 48.5 Å². The number of benzene rings is 2. The predicted octanol–water partition coefficient (Wildman–Crippen LogP) is 4.71. The standard InChI is InChI=1S/C28H30ClNO5/c1-16-14-23-21(15-22(16)29)26(31)24-25(18-6-10-20(34-3)11-7-18)30(28(32)27(24)35-23)13-12-17-4-8-19(33-2)9-5-17/h4-11,16,21-23,25H,12-15H2,1-3H3. The molecule has 2 heterocycles. The monoisotopic (exact) mass is 495 g/mol. The van der Waals surface area contributed by atoms with Crippen LogP contribution < -0.4 is 9.47 Å². The summed E-state index contributed by atoms with van der Waals surface area (Å²) < 4.78 is 16.9. The van der Waals surface area contributed by atoms with Gasteiger partial charge in [-0.25, -0.2) is 0 Å². The fourth-order valence-electron chi connectivity index (χ4n) is 5.47. The Kier molecular flexibility index (Phi) is 6.49. The SMILES string of the molecule is COc1ccc(CCN2C(=O)C3=C(C(=O)C4CC(Cl)C(C)CC4O3)C2c2ccc(OC)cc2)cc1. The zero-order chi connectivity index (χ0) is 24.7. The Bertz CT molecular complexity index is 1140. The van der Waals surface area contributed by atoms with Crippen LogP contribution >= 0.6 is 11.6 Å². The molecule has 2 aliphatic heterocycles. The van der Waals surface area contributed by atoms with Crippen LogP contribution in [0.15, 0.2) is 59.9 Å². The highest BCUT2D eigenvalue weighted by Crippen LogP contribution is 2.48. The topological polar surface area (TPSA) is 65.1 Å². The van der Waals surface area contributed by atoms with Gasteiger partial charge in [-0.3, -0.25) is 9.59 Å². The summed E-state index contributed by atoms with van der Waals surface area (Å²) in [5.74, 6) is 1.40. The second-order valence-corrected chi connectivity index (χ2v) is 10.2. The Morgan fingerprint density at radius 1 is 0.971 bits per heavy atom. The molecule has 1 aliphatic carbocycles. The van der Waals surface area contributed by atoms with Gasteiger partial charge in [-0.1, -0.05) is 31.2 Å². The smallest absolute Gasteiger partial charge is 0.290 e. The van der Waals surface area contributed by atoms with Gasteiger partial charge >= 0.3 is 0 Å². The van der Waals surface area contributed by atoms with Crippen molar-refractivity contribution in [3.05, 3.63) is 71.0 Å². The van der Waals surface area contributed by atoms with Gasteiger partial charge in [-0.2, -0.15) is 0 Å². The largest absolute Gasteiger partial charge is 0.497 e. The van der Waals surface area contributed by atoms with E-state index in [2.05, 4.69) is 6.92 Å². The second-order valence-electron chi connectivity index (χ2n) is 9.61. The van der Waals surface area contributed by atoms with Crippen LogP contribution in [0.3, 0.4) is 0 Å². The number of hydrogen-bond acceptors (Lipinski definition) is 5. The minimum Gasteiger partial charge on any atom is -0.497 e. The number of ether oxygens (including phenoxy) is 3. The van der Waals surface area contributed by atoms with E-state index in [0.29, 0.717) is 31.4 Å². The van der Waals surface area contributed by atoms with Gasteiger partial charge in [0, 0.05) is 11.9 Å². The number of halogens is 1. The maximum absolute atomic E-state index is 13.8. The third kappa shape index (κ3) is 4.29. The summed E-state index contributed by atoms with van der Waals surface area (Å²) >= 11 is 6.55. The van der Waals surface area contributed by atoms with E-state index in [0.717, 1.165) is 22.6 Å². The molecule has 3 aliphatic rings. The molecule has 0 aromatic heterocycles. The molecule has 0 spiro atoms. The third-order valence-electron chi connectivity index (χ3n) is 7.54. The van der Waals surface area contributed by atoms with E-state index in [1.165, 1.54) is 0 Å². The summed E-state index contributed by atoms with van der Waals surface area (Å²) in [6, 6.07) is 14.9. The molecule has 1 amide bonds. The van der Waals surface area contributed by atoms with Crippen LogP contribution in [0.2, 0.25) is 0 Å². The van der Waals surface area contributed by atoms with Gasteiger partial charge in [0.05, 0.1) is 31.8 Å². The van der Waals surface area contributed by atoms with Gasteiger partial charge in [0.15, 0.2) is 11.5 Å². The first-order chi connectivity index (χ1) is 16.9. The van der Waals surface area contributed by atoms with Crippen molar-refractivity contribution in [2.75, 3.05) is 20.8 Å². The molecule has 1 saturated carbocycles. The lowest BCUT2D eigenvalue weighted by Crippen LogP contribution is -2.44. The number of amides is 1. The molecule has 6 nitrogen and oxygen atoms in total. The Hall–Kier alpha value is -2.99. The number of carbonyl (C=O) groups excluding carboxylic acids is 2. The van der Waals surface area contributed by atoms with Crippen molar-refractivity contribution < 1.29 is 23.8 Å². The van der Waals surface area contributed by atoms with Crippen molar-refractivity contribution in [2.24, 2.45) is 11.8 Å². The van der Waals surface area contributed by atoms with E-state index in [9.17, 15) is 9.59 Å². The molecule has 35 heavy (non-hydrogen) atoms. The minimum absolute atomic E-state index is 0.00471. The first-order valence-electron chi connectivity index (χ1n) is 12.1. The summed E-state index contributed by atoms with van der Waals surface area (Å²) in [7, 11) is 3.25. The number of rotatable bonds is 6. The van der Waals surface area contributed by atoms with Crippen molar-refractivity contribution in [1.82, 2.24) is 4.90 Å². The average Bonchev–Trinajstić information content (AvgIpc) is 3.16. The lowest BCUT2D eigenvalue weighted by atomic mass is 9.74. The van der Waals surface area contributed by atoms with Gasteiger partial charge in [-0.05, 0) is 60.6 Å². The Morgan fingerprint density at radius 3 is 2.23 bits per heavy atom. The van der Waals surface area contributed by atoms with E-state index in [4.69, 9.17) is 25.8 Å². The molecule has 1 fully saturated rings. The molecular formula is C28H30ClNO5. The zero-order valence-electron chi connectivity index (χ0n) is 20.2. The molecule has 0 saturated heterocycles. The van der Waals surface area contributed by atoms with Crippen LogP contribution in [0, 0.1) is 11.8 Å². The van der Waals surface area contributed by atoms with Crippen LogP contribution in [0.4, 0.5) is 0 Å². The molecule has 0 N–H and O–H groups in total. The molecule has 7 heteroatoms. The van der Waals surface area contributed by atoms with Crippen molar-refractivity contribution >= 4 is 23.3 Å². The fourth-order valence-corrected chi connectivity index (χ4v) is 5.77. The quantitative estimate of drug-likeness (QED) is 0.543. The Balaban J connectivity index is 1.48. The molecule has 184 valence electrons. The summed E-state index contributed by atoms with van der Waals surface area (Å²) in [4.78, 5) is 29.2. The number of methoxy groups -OCH3 is 2. The number of nitrogens with zero attached hydrogens (tertiary/aromatic N) is 1. The van der Waals surface area contributed by atoms with Crippen LogP contribution in [0.5, 0.6) is 11.5 Å². The summed E-state index contributed by atoms with van der Waals surface area (Å²) in [5.41, 5.74) is 2.41.